The lowest BCUT2D eigenvalue weighted by molar-refractivity contribution is 0.122. The highest BCUT2D eigenvalue weighted by molar-refractivity contribution is 7.87. The number of aromatic nitrogens is 4. The van der Waals surface area contributed by atoms with Gasteiger partial charge in [-0.1, -0.05) is 23.8 Å². The molecule has 2 fully saturated rings. The summed E-state index contributed by atoms with van der Waals surface area (Å²) in [7, 11) is 1.11. The van der Waals surface area contributed by atoms with E-state index in [0.717, 1.165) is 44.8 Å². The van der Waals surface area contributed by atoms with Crippen molar-refractivity contribution in [2.45, 2.75) is 19.3 Å². The maximum Gasteiger partial charge on any atom is 0.324 e. The summed E-state index contributed by atoms with van der Waals surface area (Å²) in [6.45, 7) is 6.43. The number of likely N-dealkylation sites (tertiary alicyclic amines) is 1. The van der Waals surface area contributed by atoms with Crippen LogP contribution in [-0.2, 0) is 14.9 Å². The molecular formula is C27H34N8O4S. The Morgan fingerprint density at radius 3 is 2.58 bits per heavy atom. The van der Waals surface area contributed by atoms with Gasteiger partial charge in [-0.3, -0.25) is 0 Å². The molecule has 1 unspecified atom stereocenters. The molecule has 40 heavy (non-hydrogen) atoms. The first-order valence-electron chi connectivity index (χ1n) is 13.4. The summed E-state index contributed by atoms with van der Waals surface area (Å²) in [5, 5.41) is 7.63. The molecule has 5 heterocycles. The average molecular weight is 567 g/mol. The van der Waals surface area contributed by atoms with Crippen LogP contribution in [0.2, 0.25) is 0 Å². The van der Waals surface area contributed by atoms with Gasteiger partial charge in [-0.25, -0.2) is 4.98 Å². The van der Waals surface area contributed by atoms with Crippen molar-refractivity contribution in [1.82, 2.24) is 28.4 Å². The lowest BCUT2D eigenvalue weighted by Crippen LogP contribution is -2.37. The van der Waals surface area contributed by atoms with Crippen molar-refractivity contribution in [3.63, 3.8) is 0 Å². The van der Waals surface area contributed by atoms with Crippen LogP contribution in [0.5, 0.6) is 0 Å². The molecule has 12 nitrogen and oxygen atoms in total. The van der Waals surface area contributed by atoms with E-state index in [9.17, 15) is 8.42 Å². The molecule has 0 spiro atoms. The summed E-state index contributed by atoms with van der Waals surface area (Å²) in [5.74, 6) is 2.34. The van der Waals surface area contributed by atoms with E-state index in [2.05, 4.69) is 27.3 Å². The third-order valence-corrected chi connectivity index (χ3v) is 9.03. The number of aryl methyl sites for hydroxylation is 1. The lowest BCUT2D eigenvalue weighted by atomic mass is 10.1. The third-order valence-electron chi connectivity index (χ3n) is 7.39. The zero-order chi connectivity index (χ0) is 28.0. The summed E-state index contributed by atoms with van der Waals surface area (Å²) in [6.07, 6.45) is 1.02. The van der Waals surface area contributed by atoms with Crippen LogP contribution < -0.4 is 10.2 Å². The van der Waals surface area contributed by atoms with E-state index in [1.807, 2.05) is 37.3 Å². The molecule has 13 heteroatoms. The molecule has 2 aliphatic rings. The van der Waals surface area contributed by atoms with Crippen molar-refractivity contribution in [3.8, 4) is 11.3 Å². The molecule has 2 saturated heterocycles. The quantitative estimate of drug-likeness (QED) is 0.357. The number of hydrogen-bond donors (Lipinski definition) is 1. The lowest BCUT2D eigenvalue weighted by Gasteiger charge is -2.27. The van der Waals surface area contributed by atoms with Crippen LogP contribution in [-0.4, -0.2) is 97.3 Å². The molecule has 0 amide bonds. The van der Waals surface area contributed by atoms with E-state index >= 15 is 0 Å². The number of nitrogens with one attached hydrogen (secondary N) is 1. The average Bonchev–Trinajstić information content (AvgIpc) is 3.67. The topological polar surface area (TPSA) is 122 Å². The Bertz CT molecular complexity index is 1640. The molecule has 212 valence electrons. The van der Waals surface area contributed by atoms with Gasteiger partial charge in [0.25, 0.3) is 0 Å². The molecule has 1 N–H and O–H groups in total. The number of rotatable bonds is 7. The monoisotopic (exact) mass is 566 g/mol. The SMILES string of the molecule is Cc1cccc(-c2cc(Nc3nc(N4CCOCC4)c4oc(C5CCN(C)C5)cc4n3)n(S(=O)(=O)N(C)C)n2)c1. The first-order chi connectivity index (χ1) is 19.2. The Morgan fingerprint density at radius 2 is 1.88 bits per heavy atom. The summed E-state index contributed by atoms with van der Waals surface area (Å²) >= 11 is 0. The van der Waals surface area contributed by atoms with Crippen molar-refractivity contribution in [3.05, 3.63) is 47.7 Å². The minimum atomic E-state index is -3.94. The predicted molar refractivity (Wildman–Crippen MR) is 153 cm³/mol. The molecular weight excluding hydrogens is 532 g/mol. The van der Waals surface area contributed by atoms with E-state index in [-0.39, 0.29) is 17.7 Å². The third kappa shape index (κ3) is 5.05. The van der Waals surface area contributed by atoms with Crippen molar-refractivity contribution >= 4 is 38.9 Å². The highest BCUT2D eigenvalue weighted by atomic mass is 32.2. The van der Waals surface area contributed by atoms with E-state index in [4.69, 9.17) is 19.1 Å². The molecule has 0 bridgehead atoms. The van der Waals surface area contributed by atoms with Crippen LogP contribution in [0.1, 0.15) is 23.7 Å². The summed E-state index contributed by atoms with van der Waals surface area (Å²) < 4.78 is 40.6. The number of likely N-dealkylation sites (N-methyl/N-ethyl adjacent to an activating group) is 1. The van der Waals surface area contributed by atoms with Crippen LogP contribution >= 0.6 is 0 Å². The Kier molecular flexibility index (Phi) is 6.98. The first kappa shape index (κ1) is 26.7. The molecule has 4 aromatic rings. The zero-order valence-corrected chi connectivity index (χ0v) is 24.0. The summed E-state index contributed by atoms with van der Waals surface area (Å²) in [5.41, 5.74) is 3.67. The largest absolute Gasteiger partial charge is 0.455 e. The smallest absolute Gasteiger partial charge is 0.324 e. The fraction of sp³-hybridized carbons (Fsp3) is 0.444. The van der Waals surface area contributed by atoms with Gasteiger partial charge >= 0.3 is 10.2 Å². The predicted octanol–water partition coefficient (Wildman–Crippen LogP) is 3.05. The van der Waals surface area contributed by atoms with E-state index in [1.165, 1.54) is 14.1 Å². The number of anilines is 3. The highest BCUT2D eigenvalue weighted by Crippen LogP contribution is 2.35. The van der Waals surface area contributed by atoms with Crippen molar-refractivity contribution in [2.24, 2.45) is 0 Å². The highest BCUT2D eigenvalue weighted by Gasteiger charge is 2.28. The number of nitrogens with zero attached hydrogens (tertiary/aromatic N) is 7. The van der Waals surface area contributed by atoms with Crippen molar-refractivity contribution in [1.29, 1.82) is 0 Å². The van der Waals surface area contributed by atoms with Crippen LogP contribution in [0.4, 0.5) is 17.6 Å². The van der Waals surface area contributed by atoms with E-state index in [0.29, 0.717) is 48.9 Å². The summed E-state index contributed by atoms with van der Waals surface area (Å²) in [6, 6.07) is 11.5. The number of ether oxygens (including phenoxy) is 1. The first-order valence-corrected chi connectivity index (χ1v) is 14.8. The molecule has 3 aromatic heterocycles. The molecule has 0 radical (unpaired) electrons. The van der Waals surface area contributed by atoms with Gasteiger partial charge in [-0.05, 0) is 33.0 Å². The minimum absolute atomic E-state index is 0.235. The Labute approximate surface area is 233 Å². The molecule has 0 saturated carbocycles. The Balaban J connectivity index is 1.44. The second-order valence-electron chi connectivity index (χ2n) is 10.6. The number of morpholine rings is 1. The summed E-state index contributed by atoms with van der Waals surface area (Å²) in [4.78, 5) is 14.0. The Hall–Kier alpha value is -3.52. The molecule has 2 aliphatic heterocycles. The van der Waals surface area contributed by atoms with Gasteiger partial charge in [0.15, 0.2) is 11.4 Å². The van der Waals surface area contributed by atoms with Crippen LogP contribution in [0.15, 0.2) is 40.8 Å². The van der Waals surface area contributed by atoms with Gasteiger partial charge in [0.2, 0.25) is 5.95 Å². The molecule has 1 aromatic carbocycles. The number of hydrogen-bond acceptors (Lipinski definition) is 10. The van der Waals surface area contributed by atoms with Crippen molar-refractivity contribution < 1.29 is 17.6 Å². The molecule has 0 aliphatic carbocycles. The maximum absolute atomic E-state index is 13.3. The van der Waals surface area contributed by atoms with Crippen molar-refractivity contribution in [2.75, 3.05) is 70.8 Å². The number of benzene rings is 1. The fourth-order valence-electron chi connectivity index (χ4n) is 5.19. The van der Waals surface area contributed by atoms with Gasteiger partial charge in [-0.15, -0.1) is 4.09 Å². The second kappa shape index (κ2) is 10.5. The second-order valence-corrected chi connectivity index (χ2v) is 12.6. The number of fused-ring (bicyclic) bond motifs is 1. The van der Waals surface area contributed by atoms with Gasteiger partial charge in [0, 0.05) is 57.3 Å². The fourth-order valence-corrected chi connectivity index (χ4v) is 6.03. The minimum Gasteiger partial charge on any atom is -0.455 e. The van der Waals surface area contributed by atoms with Gasteiger partial charge in [0.05, 0.1) is 18.9 Å². The van der Waals surface area contributed by atoms with E-state index in [1.54, 1.807) is 6.07 Å². The van der Waals surface area contributed by atoms with E-state index < -0.39 is 10.2 Å². The zero-order valence-electron chi connectivity index (χ0n) is 23.2. The number of furan rings is 1. The van der Waals surface area contributed by atoms with Crippen LogP contribution in [0.25, 0.3) is 22.4 Å². The van der Waals surface area contributed by atoms with Gasteiger partial charge in [-0.2, -0.15) is 22.8 Å². The standard InChI is InChI=1S/C27H34N8O4S/c1-18-6-5-7-19(14-18)21-16-24(35(31-21)40(36,37)32(2)3)29-27-28-22-15-23(20-8-9-33(4)17-20)39-25(22)26(30-27)34-10-12-38-13-11-34/h5-7,14-16,20H,8-13,17H2,1-4H3,(H,28,29,30). The van der Waals surface area contributed by atoms with Crippen LogP contribution in [0, 0.1) is 6.92 Å². The normalized spacial score (nSPS) is 18.7. The van der Waals surface area contributed by atoms with Crippen LogP contribution in [0.3, 0.4) is 0 Å². The van der Waals surface area contributed by atoms with Gasteiger partial charge < -0.3 is 24.3 Å². The molecule has 1 atom stereocenters. The van der Waals surface area contributed by atoms with Gasteiger partial charge in [0.1, 0.15) is 17.1 Å². The maximum atomic E-state index is 13.3. The molecule has 6 rings (SSSR count). The Morgan fingerprint density at radius 1 is 1.07 bits per heavy atom.